The van der Waals surface area contributed by atoms with Crippen molar-refractivity contribution in [2.24, 2.45) is 34.0 Å². The molecule has 4 rings (SSSR count). The summed E-state index contributed by atoms with van der Waals surface area (Å²) < 4.78 is 0. The van der Waals surface area contributed by atoms with Crippen LogP contribution in [0, 0.1) is 11.8 Å². The Morgan fingerprint density at radius 2 is 1.43 bits per heavy atom. The van der Waals surface area contributed by atoms with Crippen LogP contribution < -0.4 is 43.8 Å². The molecule has 8 atom stereocenters. The fourth-order valence-corrected chi connectivity index (χ4v) is 7.64. The fourth-order valence-electron chi connectivity index (χ4n) is 7.64. The van der Waals surface area contributed by atoms with Crippen LogP contribution in [0.25, 0.3) is 0 Å². The van der Waals surface area contributed by atoms with Crippen LogP contribution in [0.3, 0.4) is 0 Å². The molecule has 14 N–H and O–H groups in total. The van der Waals surface area contributed by atoms with Crippen LogP contribution in [0.4, 0.5) is 0 Å². The van der Waals surface area contributed by atoms with E-state index in [4.69, 9.17) is 17.2 Å². The van der Waals surface area contributed by atoms with Gasteiger partial charge in [0.25, 0.3) is 0 Å². The summed E-state index contributed by atoms with van der Waals surface area (Å²) >= 11 is 0. The molecule has 21 nitrogen and oxygen atoms in total. The zero-order valence-corrected chi connectivity index (χ0v) is 38.4. The number of nitrogens with one attached hydrogen (secondary N) is 6. The molecule has 2 heterocycles. The van der Waals surface area contributed by atoms with Crippen molar-refractivity contribution in [1.82, 2.24) is 41.5 Å². The van der Waals surface area contributed by atoms with Gasteiger partial charge in [-0.2, -0.15) is 0 Å². The lowest BCUT2D eigenvalue weighted by Gasteiger charge is -2.32. The molecule has 3 aromatic rings. The molecule has 0 saturated carbocycles. The van der Waals surface area contributed by atoms with Gasteiger partial charge in [0.1, 0.15) is 42.0 Å². The SMILES string of the molecule is CC[C@H](C)[C@H](NC(=O)[C@H](Cc1ccc(O)cc1)NC(=O)[C@@H](NC(=O)[C@@H](N)CCCN=C(N)N)C(C)C)C(=O)N[C@@H](Cc1cnc[nH]1)C(=O)N1CCC[C@H]1C(=O)N[C@@H](Cc1ccccc1)C(=O)O. The molecule has 1 fully saturated rings. The topological polar surface area (TPSA) is 342 Å². The highest BCUT2D eigenvalue weighted by molar-refractivity contribution is 5.97. The smallest absolute Gasteiger partial charge is 0.326 e. The normalized spacial score (nSPS) is 16.6. The van der Waals surface area contributed by atoms with Gasteiger partial charge in [0, 0.05) is 44.2 Å². The number of phenols is 1. The molecule has 1 aliphatic heterocycles. The summed E-state index contributed by atoms with van der Waals surface area (Å²) in [5, 5.41) is 33.6. The van der Waals surface area contributed by atoms with E-state index in [0.717, 1.165) is 0 Å². The number of imidazole rings is 1. The number of amides is 6. The third-order valence-electron chi connectivity index (χ3n) is 11.7. The minimum Gasteiger partial charge on any atom is -0.508 e. The van der Waals surface area contributed by atoms with Gasteiger partial charge in [-0.15, -0.1) is 0 Å². The number of aliphatic carboxylic acids is 1. The minimum atomic E-state index is -1.30. The Hall–Kier alpha value is -7.03. The second-order valence-electron chi connectivity index (χ2n) is 17.2. The van der Waals surface area contributed by atoms with Crippen molar-refractivity contribution < 1.29 is 43.8 Å². The van der Waals surface area contributed by atoms with E-state index in [0.29, 0.717) is 36.1 Å². The van der Waals surface area contributed by atoms with Crippen molar-refractivity contribution >= 4 is 47.4 Å². The maximum atomic E-state index is 14.5. The molecular weight excluding hydrogens is 865 g/mol. The maximum absolute atomic E-state index is 14.5. The summed E-state index contributed by atoms with van der Waals surface area (Å²) in [5.74, 6) is -6.30. The molecule has 1 saturated heterocycles. The number of carboxylic acids is 1. The Morgan fingerprint density at radius 1 is 0.806 bits per heavy atom. The van der Waals surface area contributed by atoms with Crippen LogP contribution in [0.5, 0.6) is 5.75 Å². The van der Waals surface area contributed by atoms with Crippen LogP contribution in [0.15, 0.2) is 72.1 Å². The minimum absolute atomic E-state index is 0.0212. The number of aromatic nitrogens is 2. The van der Waals surface area contributed by atoms with Crippen molar-refractivity contribution in [3.05, 3.63) is 83.9 Å². The summed E-state index contributed by atoms with van der Waals surface area (Å²) in [5.41, 5.74) is 18.6. The van der Waals surface area contributed by atoms with Crippen LogP contribution in [0.1, 0.15) is 76.6 Å². The number of nitrogens with zero attached hydrogens (tertiary/aromatic N) is 3. The second kappa shape index (κ2) is 25.6. The first-order valence-corrected chi connectivity index (χ1v) is 22.5. The predicted octanol–water partition coefficient (Wildman–Crippen LogP) is -0.274. The van der Waals surface area contributed by atoms with Gasteiger partial charge in [-0.05, 0) is 60.8 Å². The zero-order chi connectivity index (χ0) is 49.2. The summed E-state index contributed by atoms with van der Waals surface area (Å²) in [6.07, 6.45) is 4.52. The van der Waals surface area contributed by atoms with Crippen molar-refractivity contribution in [2.75, 3.05) is 13.1 Å². The van der Waals surface area contributed by atoms with E-state index >= 15 is 0 Å². The monoisotopic (exact) mass is 931 g/mol. The van der Waals surface area contributed by atoms with E-state index in [1.54, 1.807) is 63.2 Å². The number of aliphatic imine (C=N–C) groups is 1. The molecule has 0 bridgehead atoms. The Balaban J connectivity index is 1.55. The van der Waals surface area contributed by atoms with Crippen LogP contribution in [-0.4, -0.2) is 128 Å². The molecule has 1 aromatic heterocycles. The summed E-state index contributed by atoms with van der Waals surface area (Å²) in [6, 6.07) is 6.64. The Kier molecular flexibility index (Phi) is 20.1. The Morgan fingerprint density at radius 3 is 2.04 bits per heavy atom. The summed E-state index contributed by atoms with van der Waals surface area (Å²) in [7, 11) is 0. The van der Waals surface area contributed by atoms with Gasteiger partial charge in [0.05, 0.1) is 12.4 Å². The number of rotatable bonds is 25. The van der Waals surface area contributed by atoms with Crippen molar-refractivity contribution in [2.45, 2.75) is 121 Å². The first kappa shape index (κ1) is 52.6. The average Bonchev–Trinajstić information content (AvgIpc) is 4.01. The number of guanidine groups is 1. The van der Waals surface area contributed by atoms with Gasteiger partial charge in [0.15, 0.2) is 5.96 Å². The second-order valence-corrected chi connectivity index (χ2v) is 17.2. The van der Waals surface area contributed by atoms with E-state index in [1.165, 1.54) is 29.6 Å². The van der Waals surface area contributed by atoms with Gasteiger partial charge < -0.3 is 63.9 Å². The van der Waals surface area contributed by atoms with Gasteiger partial charge >= 0.3 is 5.97 Å². The summed E-state index contributed by atoms with van der Waals surface area (Å²) in [6.45, 7) is 7.40. The van der Waals surface area contributed by atoms with Gasteiger partial charge in [-0.1, -0.05) is 76.6 Å². The number of phenolic OH excluding ortho intramolecular Hbond substituents is 1. The number of aromatic amines is 1. The largest absolute Gasteiger partial charge is 0.508 e. The highest BCUT2D eigenvalue weighted by Crippen LogP contribution is 2.21. The lowest BCUT2D eigenvalue weighted by Crippen LogP contribution is -2.61. The first-order chi connectivity index (χ1) is 31.9. The Bertz CT molecular complexity index is 2150. The number of carbonyl (C=O) groups is 7. The molecule has 6 amide bonds. The number of hydrogen-bond donors (Lipinski definition) is 11. The number of carbonyl (C=O) groups excluding carboxylic acids is 6. The molecule has 2 aromatic carbocycles. The number of aromatic hydroxyl groups is 1. The number of carboxylic acid groups (broad SMARTS) is 1. The molecule has 0 radical (unpaired) electrons. The lowest BCUT2D eigenvalue weighted by molar-refractivity contribution is -0.145. The third kappa shape index (κ3) is 16.1. The lowest BCUT2D eigenvalue weighted by atomic mass is 9.96. The van der Waals surface area contributed by atoms with E-state index in [1.807, 2.05) is 6.92 Å². The molecule has 21 heteroatoms. The Labute approximate surface area is 389 Å². The van der Waals surface area contributed by atoms with E-state index in [-0.39, 0.29) is 56.9 Å². The summed E-state index contributed by atoms with van der Waals surface area (Å²) in [4.78, 5) is 109. The number of nitrogens with two attached hydrogens (primary N) is 3. The molecule has 0 aliphatic carbocycles. The fraction of sp³-hybridized carbons (Fsp3) is 0.500. The molecule has 0 unspecified atom stereocenters. The van der Waals surface area contributed by atoms with Crippen molar-refractivity contribution in [3.8, 4) is 5.75 Å². The van der Waals surface area contributed by atoms with Crippen LogP contribution >= 0.6 is 0 Å². The van der Waals surface area contributed by atoms with Gasteiger partial charge in [-0.25, -0.2) is 9.78 Å². The number of H-pyrrole nitrogens is 1. The number of hydrogen-bond acceptors (Lipinski definition) is 11. The predicted molar refractivity (Wildman–Crippen MR) is 248 cm³/mol. The molecule has 67 heavy (non-hydrogen) atoms. The quantitative estimate of drug-likeness (QED) is 0.0297. The standard InChI is InChI=1S/C46H66N12O9/c1-5-27(4)38(57-40(61)33(21-29-15-17-31(59)18-16-29)53-42(63)37(26(2)3)56-39(60)32(47)13-9-19-51-46(48)49)43(64)54-34(23-30-24-50-25-52-30)44(65)58-20-10-14-36(58)41(62)55-35(45(66)67)22-28-11-7-6-8-12-28/h6-8,11-12,15-18,24-27,32-38,59H,5,9-10,13-14,19-23,47H2,1-4H3,(H,50,52)(H,53,63)(H,54,64)(H,55,62)(H,56,60)(H,57,61)(H,66,67)(H4,48,49,51)/t27-,32-,33-,34-,35-,36-,37-,38-/m0/s1. The van der Waals surface area contributed by atoms with E-state index in [9.17, 15) is 43.8 Å². The highest BCUT2D eigenvalue weighted by Gasteiger charge is 2.41. The van der Waals surface area contributed by atoms with Gasteiger partial charge in [0.2, 0.25) is 35.4 Å². The molecule has 0 spiro atoms. The van der Waals surface area contributed by atoms with E-state index in [2.05, 4.69) is 41.5 Å². The maximum Gasteiger partial charge on any atom is 0.326 e. The van der Waals surface area contributed by atoms with Crippen LogP contribution in [-0.2, 0) is 52.8 Å². The van der Waals surface area contributed by atoms with Gasteiger partial charge in [-0.3, -0.25) is 33.8 Å². The van der Waals surface area contributed by atoms with Crippen molar-refractivity contribution in [3.63, 3.8) is 0 Å². The van der Waals surface area contributed by atoms with Crippen molar-refractivity contribution in [1.29, 1.82) is 0 Å². The highest BCUT2D eigenvalue weighted by atomic mass is 16.4. The average molecular weight is 931 g/mol. The third-order valence-corrected chi connectivity index (χ3v) is 11.7. The molecular formula is C46H66N12O9. The first-order valence-electron chi connectivity index (χ1n) is 22.5. The molecule has 1 aliphatic rings. The molecule has 364 valence electrons. The number of likely N-dealkylation sites (tertiary alicyclic amines) is 1. The number of benzene rings is 2. The zero-order valence-electron chi connectivity index (χ0n) is 38.4. The van der Waals surface area contributed by atoms with Crippen LogP contribution in [0.2, 0.25) is 0 Å². The van der Waals surface area contributed by atoms with E-state index < -0.39 is 95.5 Å².